The van der Waals surface area contributed by atoms with Crippen molar-refractivity contribution in [3.63, 3.8) is 0 Å². The Bertz CT molecular complexity index is 957. The zero-order valence-corrected chi connectivity index (χ0v) is 16.1. The van der Waals surface area contributed by atoms with E-state index in [0.717, 1.165) is 15.4 Å². The summed E-state index contributed by atoms with van der Waals surface area (Å²) in [6.07, 6.45) is 0.885. The average Bonchev–Trinajstić information content (AvgIpc) is 2.99. The van der Waals surface area contributed by atoms with Crippen molar-refractivity contribution in [1.82, 2.24) is 9.97 Å². The minimum atomic E-state index is 0.885. The first kappa shape index (κ1) is 15.0. The summed E-state index contributed by atoms with van der Waals surface area (Å²) < 4.78 is 2.23. The van der Waals surface area contributed by atoms with Gasteiger partial charge in [-0.05, 0) is 61.4 Å². The second kappa shape index (κ2) is 5.53. The SMILES string of the molecule is Cc1c(Cc2[nH]c3ccc(Br)cc3c2C)[nH]c2ccc(Br)cc12. The van der Waals surface area contributed by atoms with Crippen LogP contribution >= 0.6 is 31.9 Å². The van der Waals surface area contributed by atoms with Gasteiger partial charge in [0.1, 0.15) is 0 Å². The summed E-state index contributed by atoms with van der Waals surface area (Å²) in [5.74, 6) is 0. The molecule has 0 atom stereocenters. The highest BCUT2D eigenvalue weighted by atomic mass is 79.9. The zero-order chi connectivity index (χ0) is 16.1. The molecule has 2 aromatic heterocycles. The first-order chi connectivity index (χ1) is 11.0. The van der Waals surface area contributed by atoms with Gasteiger partial charge >= 0.3 is 0 Å². The monoisotopic (exact) mass is 430 g/mol. The van der Waals surface area contributed by atoms with E-state index in [4.69, 9.17) is 0 Å². The Kier molecular flexibility index (Phi) is 3.62. The maximum Gasteiger partial charge on any atom is 0.0459 e. The topological polar surface area (TPSA) is 31.6 Å². The Hall–Kier alpha value is -1.52. The molecule has 0 spiro atoms. The maximum atomic E-state index is 3.57. The predicted molar refractivity (Wildman–Crippen MR) is 104 cm³/mol. The van der Waals surface area contributed by atoms with Gasteiger partial charge in [0.2, 0.25) is 0 Å². The third kappa shape index (κ3) is 2.54. The maximum absolute atomic E-state index is 3.57. The van der Waals surface area contributed by atoms with Crippen molar-refractivity contribution in [2.75, 3.05) is 0 Å². The zero-order valence-electron chi connectivity index (χ0n) is 12.9. The third-order valence-corrected chi connectivity index (χ3v) is 5.59. The van der Waals surface area contributed by atoms with E-state index < -0.39 is 0 Å². The Morgan fingerprint density at radius 2 is 1.17 bits per heavy atom. The van der Waals surface area contributed by atoms with E-state index in [0.29, 0.717) is 0 Å². The second-order valence-electron chi connectivity index (χ2n) is 6.01. The highest BCUT2D eigenvalue weighted by molar-refractivity contribution is 9.10. The largest absolute Gasteiger partial charge is 0.358 e. The van der Waals surface area contributed by atoms with Gasteiger partial charge in [-0.2, -0.15) is 0 Å². The van der Waals surface area contributed by atoms with Crippen molar-refractivity contribution in [1.29, 1.82) is 0 Å². The number of benzene rings is 2. The molecule has 2 N–H and O–H groups in total. The molecule has 4 aromatic rings. The minimum Gasteiger partial charge on any atom is -0.358 e. The summed E-state index contributed by atoms with van der Waals surface area (Å²) in [4.78, 5) is 7.14. The van der Waals surface area contributed by atoms with Gasteiger partial charge in [0, 0.05) is 48.6 Å². The molecule has 0 radical (unpaired) electrons. The molecule has 4 rings (SSSR count). The summed E-state index contributed by atoms with van der Waals surface area (Å²) in [7, 11) is 0. The third-order valence-electron chi connectivity index (χ3n) is 4.60. The Balaban J connectivity index is 1.81. The lowest BCUT2D eigenvalue weighted by Gasteiger charge is -2.01. The molecule has 0 aliphatic carbocycles. The second-order valence-corrected chi connectivity index (χ2v) is 7.85. The molecule has 0 saturated heterocycles. The van der Waals surface area contributed by atoms with Gasteiger partial charge in [-0.15, -0.1) is 0 Å². The molecule has 0 fully saturated rings. The molecule has 0 amide bonds. The van der Waals surface area contributed by atoms with E-state index in [1.54, 1.807) is 0 Å². The highest BCUT2D eigenvalue weighted by Crippen LogP contribution is 2.30. The lowest BCUT2D eigenvalue weighted by molar-refractivity contribution is 1.04. The number of hydrogen-bond acceptors (Lipinski definition) is 0. The van der Waals surface area contributed by atoms with Gasteiger partial charge in [-0.25, -0.2) is 0 Å². The van der Waals surface area contributed by atoms with Gasteiger partial charge in [0.15, 0.2) is 0 Å². The predicted octanol–water partition coefficient (Wildman–Crippen LogP) is 6.38. The lowest BCUT2D eigenvalue weighted by atomic mass is 10.1. The van der Waals surface area contributed by atoms with Crippen molar-refractivity contribution in [3.05, 3.63) is 67.9 Å². The number of nitrogens with one attached hydrogen (secondary N) is 2. The summed E-state index contributed by atoms with van der Waals surface area (Å²) in [6.45, 7) is 4.38. The van der Waals surface area contributed by atoms with Crippen LogP contribution in [0.1, 0.15) is 22.5 Å². The smallest absolute Gasteiger partial charge is 0.0459 e. The molecular weight excluding hydrogens is 416 g/mol. The lowest BCUT2D eigenvalue weighted by Crippen LogP contribution is -1.93. The molecule has 2 nitrogen and oxygen atoms in total. The first-order valence-corrected chi connectivity index (χ1v) is 9.15. The van der Waals surface area contributed by atoms with Crippen LogP contribution in [0, 0.1) is 13.8 Å². The van der Waals surface area contributed by atoms with Crippen LogP contribution in [0.4, 0.5) is 0 Å². The van der Waals surface area contributed by atoms with Gasteiger partial charge in [-0.3, -0.25) is 0 Å². The van der Waals surface area contributed by atoms with Gasteiger partial charge in [0.25, 0.3) is 0 Å². The Morgan fingerprint density at radius 1 is 0.739 bits per heavy atom. The fourth-order valence-corrected chi connectivity index (χ4v) is 3.96. The van der Waals surface area contributed by atoms with Gasteiger partial charge < -0.3 is 9.97 Å². The molecule has 0 aliphatic heterocycles. The van der Waals surface area contributed by atoms with Crippen molar-refractivity contribution >= 4 is 53.7 Å². The minimum absolute atomic E-state index is 0.885. The number of hydrogen-bond donors (Lipinski definition) is 2. The van der Waals surface area contributed by atoms with Crippen molar-refractivity contribution in [2.24, 2.45) is 0 Å². The summed E-state index contributed by atoms with van der Waals surface area (Å²) in [5, 5.41) is 2.57. The number of aromatic nitrogens is 2. The number of aromatic amines is 2. The molecule has 2 heterocycles. The molecular formula is C19H16Br2N2. The van der Waals surface area contributed by atoms with Crippen LogP contribution in [0.15, 0.2) is 45.3 Å². The fourth-order valence-electron chi connectivity index (χ4n) is 3.24. The van der Waals surface area contributed by atoms with E-state index in [-0.39, 0.29) is 0 Å². The molecule has 0 bridgehead atoms. The number of aryl methyl sites for hydroxylation is 2. The molecule has 116 valence electrons. The van der Waals surface area contributed by atoms with Crippen LogP contribution in [-0.2, 0) is 6.42 Å². The van der Waals surface area contributed by atoms with E-state index >= 15 is 0 Å². The van der Waals surface area contributed by atoms with Crippen molar-refractivity contribution in [3.8, 4) is 0 Å². The Morgan fingerprint density at radius 3 is 1.61 bits per heavy atom. The molecule has 4 heteroatoms. The van der Waals surface area contributed by atoms with Gasteiger partial charge in [0.05, 0.1) is 0 Å². The number of H-pyrrole nitrogens is 2. The molecule has 0 unspecified atom stereocenters. The van der Waals surface area contributed by atoms with E-state index in [9.17, 15) is 0 Å². The molecule has 0 aliphatic rings. The molecule has 2 aromatic carbocycles. The van der Waals surface area contributed by atoms with Crippen molar-refractivity contribution in [2.45, 2.75) is 20.3 Å². The number of halogens is 2. The van der Waals surface area contributed by atoms with Gasteiger partial charge in [-0.1, -0.05) is 31.9 Å². The van der Waals surface area contributed by atoms with E-state index in [2.05, 4.69) is 92.1 Å². The number of rotatable bonds is 2. The van der Waals surface area contributed by atoms with Crippen LogP contribution in [0.5, 0.6) is 0 Å². The van der Waals surface area contributed by atoms with Crippen LogP contribution in [-0.4, -0.2) is 9.97 Å². The summed E-state index contributed by atoms with van der Waals surface area (Å²) >= 11 is 7.12. The first-order valence-electron chi connectivity index (χ1n) is 7.56. The fraction of sp³-hybridized carbons (Fsp3) is 0.158. The van der Waals surface area contributed by atoms with Crippen LogP contribution in [0.3, 0.4) is 0 Å². The normalized spacial score (nSPS) is 11.7. The summed E-state index contributed by atoms with van der Waals surface area (Å²) in [5.41, 5.74) is 7.56. The van der Waals surface area contributed by atoms with E-state index in [1.807, 2.05) is 0 Å². The van der Waals surface area contributed by atoms with Crippen molar-refractivity contribution < 1.29 is 0 Å². The average molecular weight is 432 g/mol. The van der Waals surface area contributed by atoms with Crippen LogP contribution < -0.4 is 0 Å². The van der Waals surface area contributed by atoms with Crippen LogP contribution in [0.25, 0.3) is 21.8 Å². The standard InChI is InChI=1S/C19H16Br2N2/c1-10-14-7-12(20)3-5-16(14)22-18(10)9-19-11(2)15-8-13(21)4-6-17(15)23-19/h3-8,22-23H,9H2,1-2H3. The highest BCUT2D eigenvalue weighted by Gasteiger charge is 2.13. The van der Waals surface area contributed by atoms with E-state index in [1.165, 1.54) is 44.3 Å². The molecule has 23 heavy (non-hydrogen) atoms. The Labute approximate surface area is 151 Å². The quantitative estimate of drug-likeness (QED) is 0.369. The number of fused-ring (bicyclic) bond motifs is 2. The van der Waals surface area contributed by atoms with Crippen LogP contribution in [0.2, 0.25) is 0 Å². The summed E-state index contributed by atoms with van der Waals surface area (Å²) in [6, 6.07) is 12.8. The molecule has 0 saturated carbocycles.